The fourth-order valence-electron chi connectivity index (χ4n) is 16.7. The van der Waals surface area contributed by atoms with Crippen LogP contribution >= 0.6 is 0 Å². The Morgan fingerprint density at radius 2 is 0.833 bits per heavy atom. The maximum absolute atomic E-state index is 14.4. The number of esters is 1. The van der Waals surface area contributed by atoms with E-state index in [0.717, 1.165) is 143 Å². The summed E-state index contributed by atoms with van der Waals surface area (Å²) in [6.45, 7) is 16.2. The standard InChI is InChI=1S/C24H32F2O3.C19H26F2O.C18H24F2O3.C18H24F2O2.6CH4.5H2/c1-14-3-6-16(7-4-14)17-9-11-18(12-10-17)24(27)29-20-13-19-8-5-15(2)28-23(19)22(26)21(20)25;1-12-3-5-14(6-4-12)7-9-16-10-8-15-11-13(2)17(20)18(21)19(15)22-16;1-10-3-5-12(6-4-10)17(23-21)14-8-7-13-9-11(2)15(19)16(20)18(13)22-14;1-11-3-6-14(7-4-11)21-10-15-8-5-13-9-12(2)16(19)17(20)18(13)22-15;;;;;;;;;;;/h13-18H,3-12H2,1-2H3;11-12,14,16H,3-10H2,1-2H3;9-10,12,14,17,21H,3-8H2,1-2H3;9,11,14-15H,3-8,10H2,1-2H3;6*1H4;5*1H. The van der Waals surface area contributed by atoms with Gasteiger partial charge in [0.1, 0.15) is 18.3 Å². The number of hydrogen-bond acceptors (Lipinski definition) is 9. The fraction of sp³-hybridized carbons (Fsp3) is 0.706. The molecule has 0 bridgehead atoms. The average Bonchev–Trinajstić information content (AvgIpc) is 0.923. The van der Waals surface area contributed by atoms with Gasteiger partial charge < -0.3 is 28.4 Å². The summed E-state index contributed by atoms with van der Waals surface area (Å²) in [5.41, 5.74) is 3.84. The van der Waals surface area contributed by atoms with Crippen molar-refractivity contribution in [1.29, 1.82) is 0 Å². The van der Waals surface area contributed by atoms with Gasteiger partial charge in [0.05, 0.1) is 30.8 Å². The number of hydrogen-bond donors (Lipinski definition) is 1. The molecule has 590 valence electrons. The second kappa shape index (κ2) is 41.1. The smallest absolute Gasteiger partial charge is 0.314 e. The first-order valence-corrected chi connectivity index (χ1v) is 36.7. The third-order valence-corrected chi connectivity index (χ3v) is 23.2. The first kappa shape index (κ1) is 89.3. The Kier molecular flexibility index (Phi) is 36.0. The molecule has 0 radical (unpaired) electrons. The largest absolute Gasteiger partial charge is 0.487 e. The summed E-state index contributed by atoms with van der Waals surface area (Å²) in [6, 6.07) is 6.49. The lowest BCUT2D eigenvalue weighted by molar-refractivity contribution is -0.309. The summed E-state index contributed by atoms with van der Waals surface area (Å²) >= 11 is 0. The van der Waals surface area contributed by atoms with Gasteiger partial charge in [-0.15, -0.1) is 0 Å². The van der Waals surface area contributed by atoms with Crippen LogP contribution in [0.2, 0.25) is 0 Å². The van der Waals surface area contributed by atoms with Gasteiger partial charge in [-0.25, -0.2) is 18.1 Å². The van der Waals surface area contributed by atoms with Gasteiger partial charge in [0.15, 0.2) is 46.2 Å². The van der Waals surface area contributed by atoms with Crippen LogP contribution in [0.4, 0.5) is 35.1 Å². The zero-order valence-electron chi connectivity index (χ0n) is 58.1. The number of carbonyl (C=O) groups is 1. The molecule has 0 spiro atoms. The first-order chi connectivity index (χ1) is 46.0. The number of rotatable bonds is 12. The molecule has 5 atom stereocenters. The van der Waals surface area contributed by atoms with E-state index in [1.54, 1.807) is 39.0 Å². The normalized spacial score (nSPS) is 27.8. The third-order valence-electron chi connectivity index (χ3n) is 23.2. The van der Waals surface area contributed by atoms with Crippen molar-refractivity contribution in [1.82, 2.24) is 0 Å². The molecule has 17 heteroatoms. The van der Waals surface area contributed by atoms with Crippen molar-refractivity contribution in [2.45, 2.75) is 329 Å². The monoisotopic (exact) mass is 1460 g/mol. The van der Waals surface area contributed by atoms with Crippen LogP contribution in [0.1, 0.15) is 292 Å². The highest BCUT2D eigenvalue weighted by atomic mass is 19.2. The van der Waals surface area contributed by atoms with E-state index in [1.807, 2.05) is 6.92 Å². The van der Waals surface area contributed by atoms with Crippen LogP contribution in [-0.4, -0.2) is 54.5 Å². The average molecular weight is 1460 g/mol. The number of fused-ring (bicyclic) bond motifs is 4. The minimum absolute atomic E-state index is 0. The van der Waals surface area contributed by atoms with Crippen LogP contribution in [0.5, 0.6) is 28.7 Å². The lowest BCUT2D eigenvalue weighted by Crippen LogP contribution is -2.42. The minimum atomic E-state index is -1.13. The number of carbonyl (C=O) groups excluding carboxylic acids is 1. The Morgan fingerprint density at radius 3 is 1.33 bits per heavy atom. The van der Waals surface area contributed by atoms with Gasteiger partial charge in [-0.05, 0) is 274 Å². The summed E-state index contributed by atoms with van der Waals surface area (Å²) in [4.78, 5) is 17.4. The summed E-state index contributed by atoms with van der Waals surface area (Å²) in [6.07, 6.45) is 29.8. The molecule has 5 saturated carbocycles. The van der Waals surface area contributed by atoms with Crippen LogP contribution < -0.4 is 23.7 Å². The summed E-state index contributed by atoms with van der Waals surface area (Å²) in [7, 11) is 0. The molecule has 5 unspecified atom stereocenters. The van der Waals surface area contributed by atoms with Gasteiger partial charge in [0, 0.05) is 12.7 Å². The highest BCUT2D eigenvalue weighted by Crippen LogP contribution is 2.45. The predicted molar refractivity (Wildman–Crippen MR) is 406 cm³/mol. The van der Waals surface area contributed by atoms with E-state index in [4.69, 9.17) is 33.3 Å². The first-order valence-electron chi connectivity index (χ1n) is 36.7. The third kappa shape index (κ3) is 22.5. The maximum Gasteiger partial charge on any atom is 0.314 e. The van der Waals surface area contributed by atoms with Crippen molar-refractivity contribution < 1.29 is 85.6 Å². The Balaban J connectivity index is 0. The van der Waals surface area contributed by atoms with Crippen LogP contribution in [0, 0.1) is 121 Å². The number of halogens is 8. The number of benzene rings is 4. The van der Waals surface area contributed by atoms with E-state index < -0.39 is 64.7 Å². The quantitative estimate of drug-likeness (QED) is 0.0488. The Morgan fingerprint density at radius 1 is 0.441 bits per heavy atom. The van der Waals surface area contributed by atoms with Gasteiger partial charge in [0.2, 0.25) is 29.1 Å². The topological polar surface area (TPSA) is 102 Å². The van der Waals surface area contributed by atoms with Crippen molar-refractivity contribution in [2.75, 3.05) is 6.61 Å². The van der Waals surface area contributed by atoms with Gasteiger partial charge in [-0.3, -0.25) is 10.1 Å². The number of aryl methyl sites for hydroxylation is 7. The predicted octanol–water partition coefficient (Wildman–Crippen LogP) is 26.0. The number of ether oxygens (including phenoxy) is 6. The molecular formula is C85H140F8O9. The lowest BCUT2D eigenvalue weighted by Gasteiger charge is -2.37. The van der Waals surface area contributed by atoms with Crippen molar-refractivity contribution in [3.05, 3.63) is 110 Å². The Labute approximate surface area is 616 Å². The molecular weight excluding hydrogens is 1320 g/mol. The SMILES string of the molecule is C.C.C.C.C.C.CC1CCC(C2CCC(C(=O)Oc3cc4c(c(F)c3F)OC(C)CC4)CC2)CC1.Cc1cc2c(c(F)c1F)OC(C(OO)C1CCC(C)CC1)CC2.Cc1cc2c(c(F)c1F)OC(CCC1CCC(C)CC1)CC2.Cc1cc2c(c(F)c1F)OC(COC1CCC(C)CC1)CC2.[HH].[HH].[HH].[HH].[HH]. The highest BCUT2D eigenvalue weighted by Gasteiger charge is 2.40. The van der Waals surface area contributed by atoms with E-state index in [0.29, 0.717) is 78.0 Å². The van der Waals surface area contributed by atoms with Crippen molar-refractivity contribution in [3.63, 3.8) is 0 Å². The molecule has 4 aromatic rings. The minimum Gasteiger partial charge on any atom is -0.487 e. The molecule has 1 N–H and O–H groups in total. The second-order valence-electron chi connectivity index (χ2n) is 30.7. The molecule has 4 heterocycles. The van der Waals surface area contributed by atoms with E-state index in [1.165, 1.54) is 70.3 Å². The van der Waals surface area contributed by atoms with Crippen LogP contribution in [0.3, 0.4) is 0 Å². The molecule has 0 saturated heterocycles. The maximum atomic E-state index is 14.4. The molecule has 9 aliphatic rings. The van der Waals surface area contributed by atoms with Gasteiger partial charge >= 0.3 is 5.97 Å². The Bertz CT molecular complexity index is 3160. The molecule has 9 nitrogen and oxygen atoms in total. The Hall–Kier alpha value is -5.13. The van der Waals surface area contributed by atoms with Gasteiger partial charge in [-0.1, -0.05) is 124 Å². The van der Waals surface area contributed by atoms with Crippen molar-refractivity contribution in [2.24, 2.45) is 53.3 Å². The van der Waals surface area contributed by atoms with E-state index in [-0.39, 0.29) is 111 Å². The molecule has 0 aromatic heterocycles. The summed E-state index contributed by atoms with van der Waals surface area (Å²) < 4.78 is 146. The highest BCUT2D eigenvalue weighted by molar-refractivity contribution is 5.75. The van der Waals surface area contributed by atoms with Gasteiger partial charge in [0.25, 0.3) is 0 Å². The zero-order chi connectivity index (χ0) is 68.5. The molecule has 4 aromatic carbocycles. The second-order valence-corrected chi connectivity index (χ2v) is 30.7. The van der Waals surface area contributed by atoms with E-state index in [2.05, 4.69) is 27.7 Å². The van der Waals surface area contributed by atoms with Crippen molar-refractivity contribution >= 4 is 5.97 Å². The molecule has 5 fully saturated rings. The van der Waals surface area contributed by atoms with Crippen LogP contribution in [-0.2, 0) is 40.1 Å². The van der Waals surface area contributed by atoms with E-state index >= 15 is 0 Å². The van der Waals surface area contributed by atoms with Crippen LogP contribution in [0.25, 0.3) is 0 Å². The molecule has 0 amide bonds. The molecule has 5 aliphatic carbocycles. The van der Waals surface area contributed by atoms with E-state index in [9.17, 15) is 45.2 Å². The van der Waals surface area contributed by atoms with Crippen molar-refractivity contribution in [3.8, 4) is 28.7 Å². The lowest BCUT2D eigenvalue weighted by atomic mass is 9.69. The molecule has 102 heavy (non-hydrogen) atoms. The summed E-state index contributed by atoms with van der Waals surface area (Å²) in [5.74, 6) is -2.28. The molecule has 13 rings (SSSR count). The fourth-order valence-corrected chi connectivity index (χ4v) is 16.7. The zero-order valence-corrected chi connectivity index (χ0v) is 58.1. The van der Waals surface area contributed by atoms with Crippen LogP contribution in [0.15, 0.2) is 24.3 Å². The summed E-state index contributed by atoms with van der Waals surface area (Å²) in [5, 5.41) is 9.36. The van der Waals surface area contributed by atoms with Gasteiger partial charge in [-0.2, -0.15) is 22.0 Å². The molecule has 4 aliphatic heterocycles.